The van der Waals surface area contributed by atoms with Crippen molar-refractivity contribution >= 4 is 15.9 Å². The zero-order valence-corrected chi connectivity index (χ0v) is 13.5. The molecule has 1 aliphatic heterocycles. The molecule has 5 heteroatoms. The Labute approximate surface area is 132 Å². The fourth-order valence-corrected chi connectivity index (χ4v) is 3.76. The average Bonchev–Trinajstić information content (AvgIpc) is 2.97. The summed E-state index contributed by atoms with van der Waals surface area (Å²) >= 11 is 3.44. The minimum atomic E-state index is -0.805. The van der Waals surface area contributed by atoms with Gasteiger partial charge in [-0.3, -0.25) is 0 Å². The number of ether oxygens (including phenoxy) is 2. The fourth-order valence-electron chi connectivity index (χ4n) is 3.19. The Morgan fingerprint density at radius 1 is 1.38 bits per heavy atom. The van der Waals surface area contributed by atoms with E-state index in [2.05, 4.69) is 28.9 Å². The van der Waals surface area contributed by atoms with Gasteiger partial charge in [0.05, 0.1) is 22.1 Å². The van der Waals surface area contributed by atoms with Gasteiger partial charge in [-0.05, 0) is 65.2 Å². The average molecular weight is 352 g/mol. The summed E-state index contributed by atoms with van der Waals surface area (Å²) in [6.45, 7) is 2.39. The first-order valence-electron chi connectivity index (χ1n) is 7.24. The van der Waals surface area contributed by atoms with E-state index in [-0.39, 0.29) is 6.79 Å². The second kappa shape index (κ2) is 5.51. The molecule has 0 saturated heterocycles. The molecule has 1 N–H and O–H groups in total. The minimum Gasteiger partial charge on any atom is -0.454 e. The van der Waals surface area contributed by atoms with Gasteiger partial charge in [0.2, 0.25) is 6.79 Å². The maximum Gasteiger partial charge on any atom is 0.231 e. The summed E-state index contributed by atoms with van der Waals surface area (Å²) in [4.78, 5) is 0. The Kier molecular flexibility index (Phi) is 3.85. The Morgan fingerprint density at radius 2 is 2.10 bits per heavy atom. The van der Waals surface area contributed by atoms with Crippen LogP contribution in [0.3, 0.4) is 0 Å². The molecule has 0 radical (unpaired) electrons. The first-order valence-corrected chi connectivity index (χ1v) is 8.03. The van der Waals surface area contributed by atoms with E-state index in [4.69, 9.17) is 9.47 Å². The van der Waals surface area contributed by atoms with E-state index in [0.717, 1.165) is 30.2 Å². The smallest absolute Gasteiger partial charge is 0.231 e. The van der Waals surface area contributed by atoms with E-state index >= 15 is 0 Å². The molecule has 4 nitrogen and oxygen atoms in total. The van der Waals surface area contributed by atoms with Gasteiger partial charge >= 0.3 is 0 Å². The summed E-state index contributed by atoms with van der Waals surface area (Å²) in [7, 11) is 0. The second-order valence-corrected chi connectivity index (χ2v) is 6.94. The number of nitriles is 1. The fraction of sp³-hybridized carbons (Fsp3) is 0.562. The standard InChI is InChI=1S/C16H18BrNO3/c1-10-2-4-16(8-18,5-3-10)15(19)11-6-12(17)14-13(7-11)20-9-21-14/h6-7,10,15,19H,2-5,9H2,1H3. The van der Waals surface area contributed by atoms with Gasteiger partial charge in [0.1, 0.15) is 0 Å². The lowest BCUT2D eigenvalue weighted by molar-refractivity contribution is 0.0265. The van der Waals surface area contributed by atoms with E-state index < -0.39 is 11.5 Å². The molecule has 1 saturated carbocycles. The van der Waals surface area contributed by atoms with E-state index in [0.29, 0.717) is 23.0 Å². The zero-order valence-electron chi connectivity index (χ0n) is 11.9. The van der Waals surface area contributed by atoms with Crippen molar-refractivity contribution in [2.24, 2.45) is 11.3 Å². The third-order valence-electron chi connectivity index (χ3n) is 4.68. The van der Waals surface area contributed by atoms with Crippen LogP contribution in [0.2, 0.25) is 0 Å². The molecule has 0 amide bonds. The SMILES string of the molecule is CC1CCC(C#N)(C(O)c2cc(Br)c3c(c2)OCO3)CC1. The molecule has 21 heavy (non-hydrogen) atoms. The Hall–Kier alpha value is -1.25. The number of rotatable bonds is 2. The molecule has 1 aliphatic carbocycles. The predicted octanol–water partition coefficient (Wildman–Crippen LogP) is 3.93. The third-order valence-corrected chi connectivity index (χ3v) is 5.27. The maximum atomic E-state index is 10.8. The number of benzene rings is 1. The van der Waals surface area contributed by atoms with E-state index in [1.165, 1.54) is 0 Å². The van der Waals surface area contributed by atoms with Crippen molar-refractivity contribution in [3.63, 3.8) is 0 Å². The number of nitrogens with zero attached hydrogens (tertiary/aromatic N) is 1. The number of halogens is 1. The predicted molar refractivity (Wildman–Crippen MR) is 80.9 cm³/mol. The lowest BCUT2D eigenvalue weighted by Gasteiger charge is -2.37. The summed E-state index contributed by atoms with van der Waals surface area (Å²) in [5, 5.41) is 20.4. The molecular weight excluding hydrogens is 334 g/mol. The van der Waals surface area contributed by atoms with Crippen molar-refractivity contribution in [1.29, 1.82) is 5.26 Å². The quantitative estimate of drug-likeness (QED) is 0.876. The van der Waals surface area contributed by atoms with E-state index in [1.807, 2.05) is 6.07 Å². The molecule has 1 unspecified atom stereocenters. The van der Waals surface area contributed by atoms with Crippen molar-refractivity contribution in [2.45, 2.75) is 38.7 Å². The van der Waals surface area contributed by atoms with Crippen LogP contribution >= 0.6 is 15.9 Å². The van der Waals surface area contributed by atoms with Crippen LogP contribution in [-0.4, -0.2) is 11.9 Å². The molecular formula is C16H18BrNO3. The molecule has 0 spiro atoms. The van der Waals surface area contributed by atoms with Crippen LogP contribution in [0.1, 0.15) is 44.3 Å². The Balaban J connectivity index is 1.93. The number of fused-ring (bicyclic) bond motifs is 1. The summed E-state index contributed by atoms with van der Waals surface area (Å²) in [5.41, 5.74) is 0.0156. The topological polar surface area (TPSA) is 62.5 Å². The molecule has 2 aliphatic rings. The lowest BCUT2D eigenvalue weighted by atomic mass is 9.67. The van der Waals surface area contributed by atoms with E-state index in [1.54, 1.807) is 6.07 Å². The molecule has 1 aromatic carbocycles. The van der Waals surface area contributed by atoms with Crippen LogP contribution in [-0.2, 0) is 0 Å². The molecule has 112 valence electrons. The largest absolute Gasteiger partial charge is 0.454 e. The molecule has 0 bridgehead atoms. The minimum absolute atomic E-state index is 0.189. The summed E-state index contributed by atoms with van der Waals surface area (Å²) in [5.74, 6) is 1.91. The van der Waals surface area contributed by atoms with Crippen molar-refractivity contribution < 1.29 is 14.6 Å². The molecule has 1 aromatic rings. The van der Waals surface area contributed by atoms with Crippen LogP contribution < -0.4 is 9.47 Å². The van der Waals surface area contributed by atoms with Crippen LogP contribution in [0.5, 0.6) is 11.5 Å². The molecule has 1 fully saturated rings. The number of aliphatic hydroxyl groups is 1. The highest BCUT2D eigenvalue weighted by Gasteiger charge is 2.42. The first kappa shape index (κ1) is 14.7. The molecule has 3 rings (SSSR count). The maximum absolute atomic E-state index is 10.8. The molecule has 1 atom stereocenters. The highest BCUT2D eigenvalue weighted by Crippen LogP contribution is 2.49. The number of hydrogen-bond acceptors (Lipinski definition) is 4. The van der Waals surface area contributed by atoms with Gasteiger partial charge in [0, 0.05) is 0 Å². The van der Waals surface area contributed by atoms with Crippen LogP contribution in [0.25, 0.3) is 0 Å². The van der Waals surface area contributed by atoms with Crippen molar-refractivity contribution in [3.05, 3.63) is 22.2 Å². The van der Waals surface area contributed by atoms with Crippen LogP contribution in [0, 0.1) is 22.7 Å². The first-order chi connectivity index (χ1) is 10.1. The summed E-state index contributed by atoms with van der Waals surface area (Å²) in [6, 6.07) is 6.00. The normalized spacial score (nSPS) is 29.0. The van der Waals surface area contributed by atoms with Gasteiger partial charge in [-0.2, -0.15) is 5.26 Å². The van der Waals surface area contributed by atoms with Crippen LogP contribution in [0.15, 0.2) is 16.6 Å². The highest BCUT2D eigenvalue weighted by molar-refractivity contribution is 9.10. The van der Waals surface area contributed by atoms with Crippen molar-refractivity contribution in [3.8, 4) is 17.6 Å². The summed E-state index contributed by atoms with van der Waals surface area (Å²) in [6.07, 6.45) is 2.63. The Morgan fingerprint density at radius 3 is 2.76 bits per heavy atom. The Bertz CT molecular complexity index is 588. The molecule has 1 heterocycles. The summed E-state index contributed by atoms with van der Waals surface area (Å²) < 4.78 is 11.5. The van der Waals surface area contributed by atoms with E-state index in [9.17, 15) is 10.4 Å². The van der Waals surface area contributed by atoms with Crippen LogP contribution in [0.4, 0.5) is 0 Å². The number of aliphatic hydroxyl groups excluding tert-OH is 1. The van der Waals surface area contributed by atoms with Gasteiger partial charge in [0.25, 0.3) is 0 Å². The van der Waals surface area contributed by atoms with Crippen molar-refractivity contribution in [2.75, 3.05) is 6.79 Å². The monoisotopic (exact) mass is 351 g/mol. The zero-order chi connectivity index (χ0) is 15.0. The van der Waals surface area contributed by atoms with Gasteiger partial charge in [-0.15, -0.1) is 0 Å². The van der Waals surface area contributed by atoms with Gasteiger partial charge in [-0.25, -0.2) is 0 Å². The highest BCUT2D eigenvalue weighted by atomic mass is 79.9. The van der Waals surface area contributed by atoms with Gasteiger partial charge in [-0.1, -0.05) is 6.92 Å². The van der Waals surface area contributed by atoms with Crippen molar-refractivity contribution in [1.82, 2.24) is 0 Å². The second-order valence-electron chi connectivity index (χ2n) is 6.09. The lowest BCUT2D eigenvalue weighted by Crippen LogP contribution is -2.32. The molecule has 0 aromatic heterocycles. The van der Waals surface area contributed by atoms with Gasteiger partial charge < -0.3 is 14.6 Å². The van der Waals surface area contributed by atoms with Gasteiger partial charge in [0.15, 0.2) is 11.5 Å². The number of hydrogen-bond donors (Lipinski definition) is 1. The third kappa shape index (κ3) is 2.51.